The first-order valence-corrected chi connectivity index (χ1v) is 10.2. The topological polar surface area (TPSA) is 79.9 Å². The second-order valence-electron chi connectivity index (χ2n) is 8.55. The van der Waals surface area contributed by atoms with E-state index in [1.54, 1.807) is 12.1 Å². The molecule has 0 aromatic heterocycles. The number of carbonyl (C=O) groups is 2. The summed E-state index contributed by atoms with van der Waals surface area (Å²) in [7, 11) is 3.43. The lowest BCUT2D eigenvalue weighted by Crippen LogP contribution is -2.47. The zero-order valence-electron chi connectivity index (χ0n) is 18.1. The van der Waals surface area contributed by atoms with Crippen molar-refractivity contribution < 1.29 is 19.1 Å². The SMILES string of the molecule is COc1cc(Cl)c(C)cc1NC(=O)CN(C)[C@@H](CNC(=O)OC(C)(C)C)C1CC1. The van der Waals surface area contributed by atoms with E-state index in [4.69, 9.17) is 21.1 Å². The van der Waals surface area contributed by atoms with Gasteiger partial charge in [-0.2, -0.15) is 0 Å². The molecule has 2 N–H and O–H groups in total. The predicted molar refractivity (Wildman–Crippen MR) is 115 cm³/mol. The van der Waals surface area contributed by atoms with Crippen molar-refractivity contribution in [2.75, 3.05) is 32.6 Å². The van der Waals surface area contributed by atoms with Crippen LogP contribution >= 0.6 is 11.6 Å². The number of hydrogen-bond acceptors (Lipinski definition) is 5. The molecule has 1 saturated carbocycles. The van der Waals surface area contributed by atoms with Crippen molar-refractivity contribution in [3.05, 3.63) is 22.7 Å². The second kappa shape index (κ2) is 9.67. The largest absolute Gasteiger partial charge is 0.495 e. The number of ether oxygens (including phenoxy) is 2. The van der Waals surface area contributed by atoms with Crippen LogP contribution in [0.5, 0.6) is 5.75 Å². The summed E-state index contributed by atoms with van der Waals surface area (Å²) in [5.74, 6) is 0.826. The number of hydrogen-bond donors (Lipinski definition) is 2. The summed E-state index contributed by atoms with van der Waals surface area (Å²) in [4.78, 5) is 26.5. The van der Waals surface area contributed by atoms with Crippen LogP contribution in [0.1, 0.15) is 39.2 Å². The highest BCUT2D eigenvalue weighted by Gasteiger charge is 2.35. The number of aryl methyl sites for hydroxylation is 1. The van der Waals surface area contributed by atoms with E-state index in [1.165, 1.54) is 7.11 Å². The first-order valence-electron chi connectivity index (χ1n) is 9.81. The van der Waals surface area contributed by atoms with Crippen LogP contribution in [-0.2, 0) is 9.53 Å². The summed E-state index contributed by atoms with van der Waals surface area (Å²) in [6, 6.07) is 3.55. The molecule has 1 atom stereocenters. The van der Waals surface area contributed by atoms with Crippen molar-refractivity contribution in [1.29, 1.82) is 0 Å². The molecule has 162 valence electrons. The van der Waals surface area contributed by atoms with Gasteiger partial charge in [0.2, 0.25) is 5.91 Å². The number of carbonyl (C=O) groups excluding carboxylic acids is 2. The molecule has 0 saturated heterocycles. The predicted octanol–water partition coefficient (Wildman–Crippen LogP) is 3.83. The van der Waals surface area contributed by atoms with E-state index in [1.807, 2.05) is 39.6 Å². The van der Waals surface area contributed by atoms with Crippen molar-refractivity contribution in [3.8, 4) is 5.75 Å². The molecule has 29 heavy (non-hydrogen) atoms. The number of likely N-dealkylation sites (N-methyl/N-ethyl adjacent to an activating group) is 1. The Morgan fingerprint density at radius 1 is 1.31 bits per heavy atom. The van der Waals surface area contributed by atoms with E-state index in [2.05, 4.69) is 10.6 Å². The first kappa shape index (κ1) is 23.3. The zero-order valence-corrected chi connectivity index (χ0v) is 18.9. The van der Waals surface area contributed by atoms with Gasteiger partial charge in [-0.15, -0.1) is 0 Å². The van der Waals surface area contributed by atoms with Gasteiger partial charge in [0.05, 0.1) is 19.3 Å². The number of alkyl carbamates (subject to hydrolysis) is 1. The third-order valence-corrected chi connectivity index (χ3v) is 5.14. The first-order chi connectivity index (χ1) is 13.5. The Hall–Kier alpha value is -1.99. The van der Waals surface area contributed by atoms with E-state index in [-0.39, 0.29) is 18.5 Å². The van der Waals surface area contributed by atoms with Crippen LogP contribution < -0.4 is 15.4 Å². The highest BCUT2D eigenvalue weighted by molar-refractivity contribution is 6.31. The molecule has 0 heterocycles. The minimum Gasteiger partial charge on any atom is -0.495 e. The highest BCUT2D eigenvalue weighted by Crippen LogP contribution is 2.35. The number of anilines is 1. The van der Waals surface area contributed by atoms with Crippen LogP contribution in [0.2, 0.25) is 5.02 Å². The van der Waals surface area contributed by atoms with Gasteiger partial charge in [-0.05, 0) is 65.1 Å². The van der Waals surface area contributed by atoms with Gasteiger partial charge < -0.3 is 20.1 Å². The molecule has 1 fully saturated rings. The van der Waals surface area contributed by atoms with Crippen molar-refractivity contribution in [2.45, 2.75) is 52.2 Å². The average molecular weight is 426 g/mol. The lowest BCUT2D eigenvalue weighted by molar-refractivity contribution is -0.117. The molecule has 0 aliphatic heterocycles. The van der Waals surface area contributed by atoms with E-state index >= 15 is 0 Å². The van der Waals surface area contributed by atoms with E-state index in [9.17, 15) is 9.59 Å². The monoisotopic (exact) mass is 425 g/mol. The van der Waals surface area contributed by atoms with Gasteiger partial charge in [0.1, 0.15) is 11.4 Å². The van der Waals surface area contributed by atoms with Crippen LogP contribution in [0.25, 0.3) is 0 Å². The van der Waals surface area contributed by atoms with Crippen molar-refractivity contribution in [1.82, 2.24) is 10.2 Å². The third-order valence-electron chi connectivity index (χ3n) is 4.73. The molecule has 1 aromatic carbocycles. The van der Waals surface area contributed by atoms with E-state index < -0.39 is 11.7 Å². The summed E-state index contributed by atoms with van der Waals surface area (Å²) in [6.45, 7) is 7.99. The van der Waals surface area contributed by atoms with Crippen LogP contribution in [0, 0.1) is 12.8 Å². The summed E-state index contributed by atoms with van der Waals surface area (Å²) in [5.41, 5.74) is 0.900. The smallest absolute Gasteiger partial charge is 0.407 e. The normalized spacial score (nSPS) is 15.0. The van der Waals surface area contributed by atoms with Crippen molar-refractivity contribution in [2.24, 2.45) is 5.92 Å². The standard InChI is InChI=1S/C21H32ClN3O4/c1-13-9-16(18(28-6)10-15(13)22)24-19(26)12-25(5)17(14-7-8-14)11-23-20(27)29-21(2,3)4/h9-10,14,17H,7-8,11-12H2,1-6H3,(H,23,27)(H,24,26)/t17-/m0/s1. The molecule has 0 unspecified atom stereocenters. The highest BCUT2D eigenvalue weighted by atomic mass is 35.5. The van der Waals surface area contributed by atoms with Gasteiger partial charge in [-0.1, -0.05) is 11.6 Å². The van der Waals surface area contributed by atoms with Gasteiger partial charge in [0.15, 0.2) is 0 Å². The Morgan fingerprint density at radius 3 is 2.52 bits per heavy atom. The second-order valence-corrected chi connectivity index (χ2v) is 8.96. The number of rotatable bonds is 8. The molecule has 1 aliphatic carbocycles. The van der Waals surface area contributed by atoms with Crippen LogP contribution in [-0.4, -0.2) is 55.8 Å². The van der Waals surface area contributed by atoms with Gasteiger partial charge in [0.25, 0.3) is 0 Å². The molecule has 8 heteroatoms. The maximum absolute atomic E-state index is 12.6. The fourth-order valence-corrected chi connectivity index (χ4v) is 3.28. The lowest BCUT2D eigenvalue weighted by atomic mass is 10.1. The van der Waals surface area contributed by atoms with Gasteiger partial charge in [-0.25, -0.2) is 4.79 Å². The van der Waals surface area contributed by atoms with E-state index in [0.29, 0.717) is 28.9 Å². The lowest BCUT2D eigenvalue weighted by Gasteiger charge is -2.28. The van der Waals surface area contributed by atoms with Gasteiger partial charge >= 0.3 is 6.09 Å². The zero-order chi connectivity index (χ0) is 21.8. The molecule has 0 radical (unpaired) electrons. The fraction of sp³-hybridized carbons (Fsp3) is 0.619. The fourth-order valence-electron chi connectivity index (χ4n) is 3.13. The maximum Gasteiger partial charge on any atom is 0.407 e. The number of nitrogens with zero attached hydrogens (tertiary/aromatic N) is 1. The average Bonchev–Trinajstić information content (AvgIpc) is 3.41. The van der Waals surface area contributed by atoms with Crippen LogP contribution in [0.3, 0.4) is 0 Å². The molecular weight excluding hydrogens is 394 g/mol. The molecule has 1 aromatic rings. The molecule has 0 spiro atoms. The number of amides is 2. The van der Waals surface area contributed by atoms with Crippen molar-refractivity contribution >= 4 is 29.3 Å². The van der Waals surface area contributed by atoms with Crippen LogP contribution in [0.15, 0.2) is 12.1 Å². The minimum absolute atomic E-state index is 0.0714. The Bertz CT molecular complexity index is 744. The Balaban J connectivity index is 1.94. The Morgan fingerprint density at radius 2 is 1.97 bits per heavy atom. The number of benzene rings is 1. The third kappa shape index (κ3) is 7.40. The molecule has 0 bridgehead atoms. The Kier molecular flexibility index (Phi) is 7.77. The van der Waals surface area contributed by atoms with Crippen molar-refractivity contribution in [3.63, 3.8) is 0 Å². The summed E-state index contributed by atoms with van der Waals surface area (Å²) in [5, 5.41) is 6.30. The quantitative estimate of drug-likeness (QED) is 0.661. The van der Waals surface area contributed by atoms with Gasteiger partial charge in [0, 0.05) is 23.7 Å². The minimum atomic E-state index is -0.541. The summed E-state index contributed by atoms with van der Waals surface area (Å²) in [6.07, 6.45) is 1.75. The molecule has 7 nitrogen and oxygen atoms in total. The maximum atomic E-state index is 12.6. The molecule has 2 rings (SSSR count). The van der Waals surface area contributed by atoms with Gasteiger partial charge in [-0.3, -0.25) is 9.69 Å². The summed E-state index contributed by atoms with van der Waals surface area (Å²) < 4.78 is 10.6. The molecule has 1 aliphatic rings. The number of halogens is 1. The molecule has 2 amide bonds. The molecular formula is C21H32ClN3O4. The summed E-state index contributed by atoms with van der Waals surface area (Å²) >= 11 is 6.12. The Labute approximate surface area is 178 Å². The number of methoxy groups -OCH3 is 1. The van der Waals surface area contributed by atoms with Crippen LogP contribution in [0.4, 0.5) is 10.5 Å². The number of nitrogens with one attached hydrogen (secondary N) is 2. The van der Waals surface area contributed by atoms with E-state index in [0.717, 1.165) is 18.4 Å².